The average Bonchev–Trinajstić information content (AvgIpc) is 2.66. The lowest BCUT2D eigenvalue weighted by molar-refractivity contribution is 0.0939. The Morgan fingerprint density at radius 3 is 2.46 bits per heavy atom. The van der Waals surface area contributed by atoms with E-state index in [9.17, 15) is 9.59 Å². The Morgan fingerprint density at radius 1 is 1.08 bits per heavy atom. The Hall–Kier alpha value is -3.22. The van der Waals surface area contributed by atoms with Crippen LogP contribution >= 0.6 is 0 Å². The number of nitrogens with one attached hydrogen (secondary N) is 2. The van der Waals surface area contributed by atoms with E-state index < -0.39 is 6.03 Å². The molecule has 0 aromatic heterocycles. The maximum Gasteiger partial charge on any atom is 0.312 e. The van der Waals surface area contributed by atoms with E-state index in [4.69, 9.17) is 15.2 Å². The van der Waals surface area contributed by atoms with Crippen LogP contribution in [0.2, 0.25) is 0 Å². The van der Waals surface area contributed by atoms with Crippen LogP contribution in [-0.4, -0.2) is 25.2 Å². The fourth-order valence-corrected chi connectivity index (χ4v) is 2.66. The molecule has 1 heterocycles. The van der Waals surface area contributed by atoms with Gasteiger partial charge in [-0.1, -0.05) is 18.2 Å². The SMILES string of the molecule is C[C@H](NC(=O)c1ccc(CNC(N)=O)cc1)c1ccc2c(c1)OCCO2. The van der Waals surface area contributed by atoms with Gasteiger partial charge < -0.3 is 25.8 Å². The van der Waals surface area contributed by atoms with Crippen LogP contribution < -0.4 is 25.8 Å². The molecular formula is C19H21N3O4. The summed E-state index contributed by atoms with van der Waals surface area (Å²) in [6.45, 7) is 3.30. The number of hydrogen-bond donors (Lipinski definition) is 3. The van der Waals surface area contributed by atoms with Gasteiger partial charge in [0.1, 0.15) is 13.2 Å². The van der Waals surface area contributed by atoms with Crippen molar-refractivity contribution < 1.29 is 19.1 Å². The van der Waals surface area contributed by atoms with Crippen LogP contribution in [0.5, 0.6) is 11.5 Å². The molecule has 0 bridgehead atoms. The smallest absolute Gasteiger partial charge is 0.312 e. The normalized spacial score (nSPS) is 13.6. The van der Waals surface area contributed by atoms with Crippen LogP contribution in [0.4, 0.5) is 4.79 Å². The van der Waals surface area contributed by atoms with Crippen molar-refractivity contribution in [3.63, 3.8) is 0 Å². The van der Waals surface area contributed by atoms with Gasteiger partial charge in [0.25, 0.3) is 5.91 Å². The van der Waals surface area contributed by atoms with E-state index in [-0.39, 0.29) is 11.9 Å². The molecule has 0 radical (unpaired) electrons. The van der Waals surface area contributed by atoms with Gasteiger partial charge in [0.2, 0.25) is 0 Å². The van der Waals surface area contributed by atoms with Gasteiger partial charge in [-0.25, -0.2) is 4.79 Å². The Kier molecular flexibility index (Phi) is 5.26. The van der Waals surface area contributed by atoms with Crippen LogP contribution in [-0.2, 0) is 6.54 Å². The zero-order chi connectivity index (χ0) is 18.5. The fraction of sp³-hybridized carbons (Fsp3) is 0.263. The number of amides is 3. The van der Waals surface area contributed by atoms with Gasteiger partial charge in [0, 0.05) is 12.1 Å². The highest BCUT2D eigenvalue weighted by Gasteiger charge is 2.16. The first-order valence-electron chi connectivity index (χ1n) is 8.35. The van der Waals surface area contributed by atoms with E-state index in [1.165, 1.54) is 0 Å². The summed E-state index contributed by atoms with van der Waals surface area (Å²) in [6.07, 6.45) is 0. The molecule has 0 fully saturated rings. The number of ether oxygens (including phenoxy) is 2. The minimum Gasteiger partial charge on any atom is -0.486 e. The van der Waals surface area contributed by atoms with Crippen LogP contribution in [0.1, 0.15) is 34.5 Å². The molecule has 7 heteroatoms. The van der Waals surface area contributed by atoms with Gasteiger partial charge in [-0.2, -0.15) is 0 Å². The van der Waals surface area contributed by atoms with Crippen LogP contribution in [0.15, 0.2) is 42.5 Å². The van der Waals surface area contributed by atoms with E-state index >= 15 is 0 Å². The van der Waals surface area contributed by atoms with Crippen molar-refractivity contribution in [2.75, 3.05) is 13.2 Å². The lowest BCUT2D eigenvalue weighted by Crippen LogP contribution is -2.29. The molecule has 2 aromatic carbocycles. The van der Waals surface area contributed by atoms with E-state index in [0.29, 0.717) is 31.1 Å². The molecular weight excluding hydrogens is 334 g/mol. The van der Waals surface area contributed by atoms with Gasteiger partial charge in [0.15, 0.2) is 11.5 Å². The standard InChI is InChI=1S/C19H21N3O4/c1-12(15-6-7-16-17(10-15)26-9-8-25-16)22-18(23)14-4-2-13(3-5-14)11-21-19(20)24/h2-7,10,12H,8-9,11H2,1H3,(H,22,23)(H3,20,21,24)/t12-/m0/s1. The molecule has 0 unspecified atom stereocenters. The van der Waals surface area contributed by atoms with Crippen molar-refractivity contribution in [1.29, 1.82) is 0 Å². The number of carbonyl (C=O) groups is 2. The first-order valence-corrected chi connectivity index (χ1v) is 8.35. The monoisotopic (exact) mass is 355 g/mol. The summed E-state index contributed by atoms with van der Waals surface area (Å²) in [4.78, 5) is 23.2. The summed E-state index contributed by atoms with van der Waals surface area (Å²) in [5.74, 6) is 1.24. The van der Waals surface area contributed by atoms with E-state index in [0.717, 1.165) is 16.9 Å². The van der Waals surface area contributed by atoms with Crippen molar-refractivity contribution in [2.45, 2.75) is 19.5 Å². The molecule has 0 saturated heterocycles. The molecule has 1 atom stereocenters. The number of primary amides is 1. The molecule has 1 aliphatic heterocycles. The van der Waals surface area contributed by atoms with Crippen molar-refractivity contribution in [1.82, 2.24) is 10.6 Å². The molecule has 3 amide bonds. The molecule has 1 aliphatic rings. The summed E-state index contributed by atoms with van der Waals surface area (Å²) in [7, 11) is 0. The molecule has 0 saturated carbocycles. The predicted octanol–water partition coefficient (Wildman–Crippen LogP) is 2.12. The molecule has 26 heavy (non-hydrogen) atoms. The number of urea groups is 1. The Bertz CT molecular complexity index is 805. The van der Waals surface area contributed by atoms with Crippen molar-refractivity contribution in [3.05, 3.63) is 59.2 Å². The van der Waals surface area contributed by atoms with Crippen LogP contribution in [0, 0.1) is 0 Å². The summed E-state index contributed by atoms with van der Waals surface area (Å²) in [6, 6.07) is 11.9. The number of fused-ring (bicyclic) bond motifs is 1. The fourth-order valence-electron chi connectivity index (χ4n) is 2.66. The molecule has 0 aliphatic carbocycles. The molecule has 0 spiro atoms. The topological polar surface area (TPSA) is 103 Å². The first-order chi connectivity index (χ1) is 12.5. The highest BCUT2D eigenvalue weighted by molar-refractivity contribution is 5.94. The second kappa shape index (κ2) is 7.77. The van der Waals surface area contributed by atoms with Gasteiger partial charge in [-0.15, -0.1) is 0 Å². The maximum atomic E-state index is 12.4. The summed E-state index contributed by atoms with van der Waals surface area (Å²) in [5.41, 5.74) is 7.38. The minimum absolute atomic E-state index is 0.179. The summed E-state index contributed by atoms with van der Waals surface area (Å²) >= 11 is 0. The van der Waals surface area contributed by atoms with Gasteiger partial charge in [-0.05, 0) is 42.3 Å². The van der Waals surface area contributed by atoms with E-state index in [1.807, 2.05) is 25.1 Å². The molecule has 4 N–H and O–H groups in total. The summed E-state index contributed by atoms with van der Waals surface area (Å²) < 4.78 is 11.1. The van der Waals surface area contributed by atoms with E-state index in [1.54, 1.807) is 24.3 Å². The number of rotatable bonds is 5. The lowest BCUT2D eigenvalue weighted by Gasteiger charge is -2.21. The van der Waals surface area contributed by atoms with Gasteiger partial charge >= 0.3 is 6.03 Å². The second-order valence-electron chi connectivity index (χ2n) is 6.01. The first kappa shape index (κ1) is 17.6. The Balaban J connectivity index is 1.62. The zero-order valence-corrected chi connectivity index (χ0v) is 14.5. The van der Waals surface area contributed by atoms with Gasteiger partial charge in [0.05, 0.1) is 6.04 Å². The number of benzene rings is 2. The van der Waals surface area contributed by atoms with E-state index in [2.05, 4.69) is 10.6 Å². The van der Waals surface area contributed by atoms with Crippen molar-refractivity contribution in [3.8, 4) is 11.5 Å². The zero-order valence-electron chi connectivity index (χ0n) is 14.5. The Labute approximate surface area is 151 Å². The number of nitrogens with two attached hydrogens (primary N) is 1. The number of hydrogen-bond acceptors (Lipinski definition) is 4. The van der Waals surface area contributed by atoms with Crippen LogP contribution in [0.3, 0.4) is 0 Å². The lowest BCUT2D eigenvalue weighted by atomic mass is 10.1. The minimum atomic E-state index is -0.583. The third kappa shape index (κ3) is 4.24. The van der Waals surface area contributed by atoms with Crippen molar-refractivity contribution >= 4 is 11.9 Å². The third-order valence-electron chi connectivity index (χ3n) is 4.10. The summed E-state index contributed by atoms with van der Waals surface area (Å²) in [5, 5.41) is 5.47. The van der Waals surface area contributed by atoms with Gasteiger partial charge in [-0.3, -0.25) is 4.79 Å². The molecule has 136 valence electrons. The number of carbonyl (C=O) groups excluding carboxylic acids is 2. The molecule has 2 aromatic rings. The Morgan fingerprint density at radius 2 is 1.77 bits per heavy atom. The molecule has 3 rings (SSSR count). The largest absolute Gasteiger partial charge is 0.486 e. The quantitative estimate of drug-likeness (QED) is 0.764. The maximum absolute atomic E-state index is 12.4. The van der Waals surface area contributed by atoms with Crippen LogP contribution in [0.25, 0.3) is 0 Å². The third-order valence-corrected chi connectivity index (χ3v) is 4.10. The average molecular weight is 355 g/mol. The predicted molar refractivity (Wildman–Crippen MR) is 96.2 cm³/mol. The van der Waals surface area contributed by atoms with Crippen molar-refractivity contribution in [2.24, 2.45) is 5.73 Å². The molecule has 7 nitrogen and oxygen atoms in total. The highest BCUT2D eigenvalue weighted by atomic mass is 16.6. The highest BCUT2D eigenvalue weighted by Crippen LogP contribution is 2.32. The second-order valence-corrected chi connectivity index (χ2v) is 6.01.